The molecule has 2 aromatic rings. The minimum Gasteiger partial charge on any atom is -0.399 e. The molecule has 0 aliphatic heterocycles. The van der Waals surface area contributed by atoms with Crippen molar-refractivity contribution in [2.24, 2.45) is 5.92 Å². The van der Waals surface area contributed by atoms with Crippen molar-refractivity contribution in [1.29, 1.82) is 0 Å². The topological polar surface area (TPSA) is 53.1 Å². The lowest BCUT2D eigenvalue weighted by atomic mass is 10.1. The fourth-order valence-corrected chi connectivity index (χ4v) is 2.42. The van der Waals surface area contributed by atoms with E-state index >= 15 is 0 Å². The van der Waals surface area contributed by atoms with Crippen LogP contribution in [0.3, 0.4) is 0 Å². The molecule has 2 N–H and O–H groups in total. The van der Waals surface area contributed by atoms with Gasteiger partial charge in [-0.3, -0.25) is 0 Å². The van der Waals surface area contributed by atoms with Gasteiger partial charge >= 0.3 is 0 Å². The van der Waals surface area contributed by atoms with Gasteiger partial charge in [-0.15, -0.1) is 0 Å². The molecule has 0 aliphatic rings. The number of ether oxygens (including phenoxy) is 1. The van der Waals surface area contributed by atoms with E-state index in [1.54, 1.807) is 0 Å². The summed E-state index contributed by atoms with van der Waals surface area (Å²) in [6, 6.07) is 5.93. The zero-order valence-electron chi connectivity index (χ0n) is 13.6. The van der Waals surface area contributed by atoms with Gasteiger partial charge in [0.25, 0.3) is 0 Å². The SMILES string of the molecule is CC(C)CCOCCn1c(C(C)C)nc2cc(N)ccc21. The summed E-state index contributed by atoms with van der Waals surface area (Å²) >= 11 is 0. The molecule has 0 aliphatic carbocycles. The Hall–Kier alpha value is -1.55. The average molecular weight is 289 g/mol. The molecule has 0 bridgehead atoms. The molecule has 1 aromatic carbocycles. The van der Waals surface area contributed by atoms with Crippen molar-refractivity contribution in [3.05, 3.63) is 24.0 Å². The van der Waals surface area contributed by atoms with Gasteiger partial charge in [0.1, 0.15) is 5.82 Å². The Morgan fingerprint density at radius 2 is 1.95 bits per heavy atom. The fraction of sp³-hybridized carbons (Fsp3) is 0.588. The lowest BCUT2D eigenvalue weighted by Crippen LogP contribution is -2.11. The summed E-state index contributed by atoms with van der Waals surface area (Å²) in [6.45, 7) is 11.2. The second kappa shape index (κ2) is 6.94. The smallest absolute Gasteiger partial charge is 0.112 e. The summed E-state index contributed by atoms with van der Waals surface area (Å²) in [5.41, 5.74) is 8.73. The number of aromatic nitrogens is 2. The van der Waals surface area contributed by atoms with E-state index in [4.69, 9.17) is 15.5 Å². The minimum atomic E-state index is 0.384. The zero-order valence-corrected chi connectivity index (χ0v) is 13.6. The summed E-state index contributed by atoms with van der Waals surface area (Å²) in [4.78, 5) is 4.73. The fourth-order valence-electron chi connectivity index (χ4n) is 2.42. The number of nitrogens with zero attached hydrogens (tertiary/aromatic N) is 2. The molecule has 1 heterocycles. The van der Waals surface area contributed by atoms with Crippen molar-refractivity contribution >= 4 is 16.7 Å². The van der Waals surface area contributed by atoms with Gasteiger partial charge in [-0.05, 0) is 30.5 Å². The standard InChI is InChI=1S/C17H27N3O/c1-12(2)7-9-21-10-8-20-16-6-5-14(18)11-15(16)19-17(20)13(3)4/h5-6,11-13H,7-10,18H2,1-4H3. The van der Waals surface area contributed by atoms with E-state index in [1.165, 1.54) is 0 Å². The maximum absolute atomic E-state index is 5.85. The third-order valence-electron chi connectivity index (χ3n) is 3.62. The molecule has 0 saturated carbocycles. The van der Waals surface area contributed by atoms with Crippen molar-refractivity contribution in [3.63, 3.8) is 0 Å². The molecule has 0 atom stereocenters. The summed E-state index contributed by atoms with van der Waals surface area (Å²) < 4.78 is 8.01. The van der Waals surface area contributed by atoms with Gasteiger partial charge in [0.05, 0.1) is 17.6 Å². The zero-order chi connectivity index (χ0) is 15.4. The van der Waals surface area contributed by atoms with Crippen molar-refractivity contribution in [2.75, 3.05) is 18.9 Å². The number of hydrogen-bond acceptors (Lipinski definition) is 3. The van der Waals surface area contributed by atoms with Crippen LogP contribution < -0.4 is 5.73 Å². The number of benzene rings is 1. The maximum Gasteiger partial charge on any atom is 0.112 e. The molecule has 0 unspecified atom stereocenters. The molecule has 0 spiro atoms. The number of imidazole rings is 1. The van der Waals surface area contributed by atoms with E-state index in [-0.39, 0.29) is 0 Å². The van der Waals surface area contributed by atoms with Crippen molar-refractivity contribution in [1.82, 2.24) is 9.55 Å². The van der Waals surface area contributed by atoms with Gasteiger partial charge < -0.3 is 15.0 Å². The summed E-state index contributed by atoms with van der Waals surface area (Å²) in [5.74, 6) is 2.17. The number of fused-ring (bicyclic) bond motifs is 1. The van der Waals surface area contributed by atoms with Gasteiger partial charge in [-0.2, -0.15) is 0 Å². The Bertz CT molecular complexity index is 587. The quantitative estimate of drug-likeness (QED) is 0.623. The molecule has 2 rings (SSSR count). The van der Waals surface area contributed by atoms with Crippen LogP contribution in [0.15, 0.2) is 18.2 Å². The van der Waals surface area contributed by atoms with Crippen LogP contribution >= 0.6 is 0 Å². The minimum absolute atomic E-state index is 0.384. The van der Waals surface area contributed by atoms with Crippen molar-refractivity contribution < 1.29 is 4.74 Å². The van der Waals surface area contributed by atoms with E-state index in [9.17, 15) is 0 Å². The van der Waals surface area contributed by atoms with E-state index < -0.39 is 0 Å². The second-order valence-electron chi connectivity index (χ2n) is 6.32. The lowest BCUT2D eigenvalue weighted by molar-refractivity contribution is 0.116. The monoisotopic (exact) mass is 289 g/mol. The molecule has 4 nitrogen and oxygen atoms in total. The van der Waals surface area contributed by atoms with Crippen LogP contribution in [-0.4, -0.2) is 22.8 Å². The van der Waals surface area contributed by atoms with Gasteiger partial charge in [0, 0.05) is 24.8 Å². The van der Waals surface area contributed by atoms with Crippen LogP contribution in [0.5, 0.6) is 0 Å². The molecule has 0 saturated heterocycles. The molecular formula is C17H27N3O. The van der Waals surface area contributed by atoms with Crippen molar-refractivity contribution in [2.45, 2.75) is 46.6 Å². The van der Waals surface area contributed by atoms with Crippen LogP contribution in [0.2, 0.25) is 0 Å². The predicted molar refractivity (Wildman–Crippen MR) is 88.5 cm³/mol. The first kappa shape index (κ1) is 15.8. The first-order valence-electron chi connectivity index (χ1n) is 7.82. The number of nitrogens with two attached hydrogens (primary N) is 1. The normalized spacial score (nSPS) is 11.9. The average Bonchev–Trinajstić information content (AvgIpc) is 2.76. The van der Waals surface area contributed by atoms with Gasteiger partial charge in [-0.25, -0.2) is 4.98 Å². The van der Waals surface area contributed by atoms with Gasteiger partial charge in [-0.1, -0.05) is 27.7 Å². The molecule has 21 heavy (non-hydrogen) atoms. The number of rotatable bonds is 7. The molecule has 0 fully saturated rings. The Kier molecular flexibility index (Phi) is 5.23. The highest BCUT2D eigenvalue weighted by molar-refractivity contribution is 5.79. The van der Waals surface area contributed by atoms with Crippen LogP contribution in [0.25, 0.3) is 11.0 Å². The number of anilines is 1. The predicted octanol–water partition coefficient (Wildman–Crippen LogP) is 3.80. The van der Waals surface area contributed by atoms with E-state index in [0.717, 1.165) is 48.7 Å². The highest BCUT2D eigenvalue weighted by Crippen LogP contribution is 2.23. The van der Waals surface area contributed by atoms with Crippen LogP contribution in [-0.2, 0) is 11.3 Å². The lowest BCUT2D eigenvalue weighted by Gasteiger charge is -2.12. The Balaban J connectivity index is 2.11. The largest absolute Gasteiger partial charge is 0.399 e. The first-order chi connectivity index (χ1) is 9.99. The Labute approximate surface area is 127 Å². The first-order valence-corrected chi connectivity index (χ1v) is 7.82. The molecule has 4 heteroatoms. The van der Waals surface area contributed by atoms with E-state index in [0.29, 0.717) is 11.8 Å². The summed E-state index contributed by atoms with van der Waals surface area (Å²) in [6.07, 6.45) is 1.11. The number of nitrogen functional groups attached to an aromatic ring is 1. The molecule has 1 aromatic heterocycles. The van der Waals surface area contributed by atoms with Crippen LogP contribution in [0.4, 0.5) is 5.69 Å². The Morgan fingerprint density at radius 1 is 1.19 bits per heavy atom. The third kappa shape index (κ3) is 3.97. The third-order valence-corrected chi connectivity index (χ3v) is 3.62. The highest BCUT2D eigenvalue weighted by Gasteiger charge is 2.13. The molecular weight excluding hydrogens is 262 g/mol. The van der Waals surface area contributed by atoms with Crippen LogP contribution in [0.1, 0.15) is 45.9 Å². The van der Waals surface area contributed by atoms with Crippen LogP contribution in [0, 0.1) is 5.92 Å². The molecule has 0 radical (unpaired) electrons. The molecule has 116 valence electrons. The van der Waals surface area contributed by atoms with Gasteiger partial charge in [0.15, 0.2) is 0 Å². The maximum atomic E-state index is 5.85. The highest BCUT2D eigenvalue weighted by atomic mass is 16.5. The second-order valence-corrected chi connectivity index (χ2v) is 6.32. The summed E-state index contributed by atoms with van der Waals surface area (Å²) in [5, 5.41) is 0. The molecule has 0 amide bonds. The van der Waals surface area contributed by atoms with Crippen molar-refractivity contribution in [3.8, 4) is 0 Å². The van der Waals surface area contributed by atoms with E-state index in [2.05, 4.69) is 38.3 Å². The van der Waals surface area contributed by atoms with E-state index in [1.807, 2.05) is 12.1 Å². The summed E-state index contributed by atoms with van der Waals surface area (Å²) in [7, 11) is 0. The van der Waals surface area contributed by atoms with Gasteiger partial charge in [0.2, 0.25) is 0 Å². The Morgan fingerprint density at radius 3 is 2.62 bits per heavy atom. The number of hydrogen-bond donors (Lipinski definition) is 1.